The van der Waals surface area contributed by atoms with Crippen LogP contribution in [0.3, 0.4) is 0 Å². The number of rotatable bonds is 4. The Morgan fingerprint density at radius 2 is 1.92 bits per heavy atom. The van der Waals surface area contributed by atoms with Gasteiger partial charge in [0, 0.05) is 10.6 Å². The van der Waals surface area contributed by atoms with Gasteiger partial charge in [-0.05, 0) is 50.6 Å². The molecule has 3 rings (SSSR count). The van der Waals surface area contributed by atoms with Crippen molar-refractivity contribution >= 4 is 33.1 Å². The van der Waals surface area contributed by atoms with E-state index >= 15 is 0 Å². The molecule has 1 aromatic carbocycles. The number of nitrogens with zero attached hydrogens (tertiary/aromatic N) is 2. The molecule has 0 fully saturated rings. The third kappa shape index (κ3) is 3.28. The van der Waals surface area contributed by atoms with Crippen molar-refractivity contribution in [2.45, 2.75) is 27.3 Å². The highest BCUT2D eigenvalue weighted by atomic mass is 32.1. The normalized spacial score (nSPS) is 10.9. The molecule has 0 bridgehead atoms. The number of anilines is 1. The minimum Gasteiger partial charge on any atom is -0.497 e. The number of methoxy groups -OCH3 is 1. The van der Waals surface area contributed by atoms with Crippen LogP contribution in [0.25, 0.3) is 10.2 Å². The second kappa shape index (κ2) is 6.68. The van der Waals surface area contributed by atoms with Gasteiger partial charge in [-0.15, -0.1) is 11.3 Å². The Kier molecular flexibility index (Phi) is 4.59. The summed E-state index contributed by atoms with van der Waals surface area (Å²) < 4.78 is 6.51. The first kappa shape index (κ1) is 17.2. The molecular weight excluding hydrogens is 338 g/mol. The predicted octanol–water partition coefficient (Wildman–Crippen LogP) is 3.03. The van der Waals surface area contributed by atoms with E-state index in [4.69, 9.17) is 4.74 Å². The molecule has 2 heterocycles. The molecule has 1 amide bonds. The van der Waals surface area contributed by atoms with Crippen molar-refractivity contribution in [1.29, 1.82) is 0 Å². The number of carbonyl (C=O) groups is 1. The molecule has 25 heavy (non-hydrogen) atoms. The number of hydrogen-bond acceptors (Lipinski definition) is 5. The molecule has 0 aliphatic rings. The zero-order valence-electron chi connectivity index (χ0n) is 14.5. The van der Waals surface area contributed by atoms with Gasteiger partial charge in [-0.25, -0.2) is 4.98 Å². The van der Waals surface area contributed by atoms with Crippen LogP contribution in [0.5, 0.6) is 5.75 Å². The summed E-state index contributed by atoms with van der Waals surface area (Å²) in [6, 6.07) is 7.02. The average Bonchev–Trinajstić information content (AvgIpc) is 2.86. The van der Waals surface area contributed by atoms with Crippen molar-refractivity contribution < 1.29 is 9.53 Å². The number of aryl methyl sites for hydroxylation is 3. The molecule has 0 saturated heterocycles. The Hall–Kier alpha value is -2.67. The van der Waals surface area contributed by atoms with Crippen LogP contribution in [-0.2, 0) is 11.3 Å². The van der Waals surface area contributed by atoms with Gasteiger partial charge in [0.25, 0.3) is 5.56 Å². The van der Waals surface area contributed by atoms with E-state index in [1.54, 1.807) is 38.3 Å². The lowest BCUT2D eigenvalue weighted by atomic mass is 10.2. The molecule has 0 radical (unpaired) electrons. The van der Waals surface area contributed by atoms with Gasteiger partial charge in [0.05, 0.1) is 12.5 Å². The fourth-order valence-corrected chi connectivity index (χ4v) is 3.70. The van der Waals surface area contributed by atoms with Crippen LogP contribution in [0.1, 0.15) is 16.3 Å². The first-order valence-corrected chi connectivity index (χ1v) is 8.63. The number of hydrogen-bond donors (Lipinski definition) is 1. The lowest BCUT2D eigenvalue weighted by Crippen LogP contribution is -2.30. The lowest BCUT2D eigenvalue weighted by molar-refractivity contribution is -0.116. The number of aromatic nitrogens is 2. The van der Waals surface area contributed by atoms with Gasteiger partial charge < -0.3 is 10.1 Å². The summed E-state index contributed by atoms with van der Waals surface area (Å²) in [4.78, 5) is 31.4. The van der Waals surface area contributed by atoms with Crippen LogP contribution in [0.4, 0.5) is 5.69 Å². The molecule has 7 heteroatoms. The number of nitrogens with one attached hydrogen (secondary N) is 1. The molecule has 0 saturated carbocycles. The van der Waals surface area contributed by atoms with Crippen LogP contribution < -0.4 is 15.6 Å². The first-order chi connectivity index (χ1) is 11.9. The minimum atomic E-state index is -0.277. The van der Waals surface area contributed by atoms with Gasteiger partial charge in [0.2, 0.25) is 5.91 Å². The van der Waals surface area contributed by atoms with Crippen LogP contribution in [-0.4, -0.2) is 22.6 Å². The SMILES string of the molecule is COc1ccc(NC(=O)Cn2c(C)nc3sc(C)c(C)c3c2=O)cc1. The van der Waals surface area contributed by atoms with Crippen LogP contribution >= 0.6 is 11.3 Å². The second-order valence-electron chi connectivity index (χ2n) is 5.79. The standard InChI is InChI=1S/C18H19N3O3S/c1-10-11(2)25-17-16(10)18(23)21(12(3)19-17)9-15(22)20-13-5-7-14(24-4)8-6-13/h5-8H,9H2,1-4H3,(H,20,22). The average molecular weight is 357 g/mol. The van der Waals surface area contributed by atoms with E-state index in [9.17, 15) is 9.59 Å². The van der Waals surface area contributed by atoms with Gasteiger partial charge in [-0.2, -0.15) is 0 Å². The van der Waals surface area contributed by atoms with Crippen molar-refractivity contribution in [2.24, 2.45) is 0 Å². The topological polar surface area (TPSA) is 73.2 Å². The number of carbonyl (C=O) groups excluding carboxylic acids is 1. The molecule has 6 nitrogen and oxygen atoms in total. The maximum Gasteiger partial charge on any atom is 0.263 e. The van der Waals surface area contributed by atoms with Crippen LogP contribution in [0.15, 0.2) is 29.1 Å². The van der Waals surface area contributed by atoms with E-state index < -0.39 is 0 Å². The number of amides is 1. The maximum absolute atomic E-state index is 12.8. The fraction of sp³-hybridized carbons (Fsp3) is 0.278. The molecule has 2 aromatic heterocycles. The van der Waals surface area contributed by atoms with Crippen molar-refractivity contribution in [2.75, 3.05) is 12.4 Å². The number of fused-ring (bicyclic) bond motifs is 1. The van der Waals surface area contributed by atoms with E-state index in [-0.39, 0.29) is 18.0 Å². The van der Waals surface area contributed by atoms with E-state index in [0.717, 1.165) is 15.3 Å². The molecule has 0 aliphatic heterocycles. The fourth-order valence-electron chi connectivity index (χ4n) is 2.63. The van der Waals surface area contributed by atoms with Crippen molar-refractivity contribution in [3.8, 4) is 5.75 Å². The molecule has 0 atom stereocenters. The predicted molar refractivity (Wildman–Crippen MR) is 99.7 cm³/mol. The highest BCUT2D eigenvalue weighted by Crippen LogP contribution is 2.26. The summed E-state index contributed by atoms with van der Waals surface area (Å²) in [5.41, 5.74) is 1.41. The van der Waals surface area contributed by atoms with E-state index in [1.165, 1.54) is 15.9 Å². The zero-order chi connectivity index (χ0) is 18.1. The first-order valence-electron chi connectivity index (χ1n) is 7.81. The van der Waals surface area contributed by atoms with Crippen LogP contribution in [0.2, 0.25) is 0 Å². The van der Waals surface area contributed by atoms with Crippen molar-refractivity contribution in [3.05, 3.63) is 50.9 Å². The van der Waals surface area contributed by atoms with Crippen molar-refractivity contribution in [3.63, 3.8) is 0 Å². The highest BCUT2D eigenvalue weighted by molar-refractivity contribution is 7.18. The third-order valence-electron chi connectivity index (χ3n) is 4.16. The van der Waals surface area contributed by atoms with Gasteiger partial charge in [-0.1, -0.05) is 0 Å². The third-order valence-corrected chi connectivity index (χ3v) is 5.26. The maximum atomic E-state index is 12.8. The molecule has 3 aromatic rings. The summed E-state index contributed by atoms with van der Waals surface area (Å²) >= 11 is 1.50. The van der Waals surface area contributed by atoms with Gasteiger partial charge >= 0.3 is 0 Å². The smallest absolute Gasteiger partial charge is 0.263 e. The van der Waals surface area contributed by atoms with Crippen molar-refractivity contribution in [1.82, 2.24) is 9.55 Å². The molecule has 1 N–H and O–H groups in total. The monoisotopic (exact) mass is 357 g/mol. The zero-order valence-corrected chi connectivity index (χ0v) is 15.4. The second-order valence-corrected chi connectivity index (χ2v) is 6.99. The minimum absolute atomic E-state index is 0.0754. The Labute approximate surface area is 149 Å². The van der Waals surface area contributed by atoms with Crippen LogP contribution in [0, 0.1) is 20.8 Å². The number of ether oxygens (including phenoxy) is 1. The summed E-state index contributed by atoms with van der Waals surface area (Å²) in [7, 11) is 1.58. The van der Waals surface area contributed by atoms with E-state index in [2.05, 4.69) is 10.3 Å². The quantitative estimate of drug-likeness (QED) is 0.779. The van der Waals surface area contributed by atoms with Gasteiger partial charge in [-0.3, -0.25) is 14.2 Å². The highest BCUT2D eigenvalue weighted by Gasteiger charge is 2.16. The Morgan fingerprint density at radius 3 is 2.56 bits per heavy atom. The van der Waals surface area contributed by atoms with E-state index in [0.29, 0.717) is 22.6 Å². The van der Waals surface area contributed by atoms with Gasteiger partial charge in [0.1, 0.15) is 22.9 Å². The molecule has 0 unspecified atom stereocenters. The van der Waals surface area contributed by atoms with E-state index in [1.807, 2.05) is 13.8 Å². The Morgan fingerprint density at radius 1 is 1.24 bits per heavy atom. The summed E-state index contributed by atoms with van der Waals surface area (Å²) in [5.74, 6) is 0.966. The molecular formula is C18H19N3O3S. The Balaban J connectivity index is 1.87. The largest absolute Gasteiger partial charge is 0.497 e. The Bertz CT molecular complexity index is 1000. The number of benzene rings is 1. The molecule has 130 valence electrons. The van der Waals surface area contributed by atoms with Gasteiger partial charge in [0.15, 0.2) is 0 Å². The summed E-state index contributed by atoms with van der Waals surface area (Å²) in [6.07, 6.45) is 0. The molecule has 0 spiro atoms. The summed E-state index contributed by atoms with van der Waals surface area (Å²) in [5, 5.41) is 3.39. The molecule has 0 aliphatic carbocycles. The lowest BCUT2D eigenvalue weighted by Gasteiger charge is -2.10. The summed E-state index contributed by atoms with van der Waals surface area (Å²) in [6.45, 7) is 5.55. The number of thiophene rings is 1.